The summed E-state index contributed by atoms with van der Waals surface area (Å²) in [7, 11) is 0. The van der Waals surface area contributed by atoms with Crippen molar-refractivity contribution in [1.82, 2.24) is 5.32 Å². The second-order valence-electron chi connectivity index (χ2n) is 9.66. The monoisotopic (exact) mass is 493 g/mol. The van der Waals surface area contributed by atoms with Crippen molar-refractivity contribution in [3.8, 4) is 16.9 Å². The Morgan fingerprint density at radius 1 is 1.06 bits per heavy atom. The summed E-state index contributed by atoms with van der Waals surface area (Å²) in [6, 6.07) is 15.5. The summed E-state index contributed by atoms with van der Waals surface area (Å²) in [4.78, 5) is 13.4. The van der Waals surface area contributed by atoms with E-state index in [1.807, 2.05) is 43.0 Å². The maximum Gasteiger partial charge on any atom is 0.217 e. The molecule has 0 aliphatic carbocycles. The second kappa shape index (κ2) is 9.43. The number of morpholine rings is 1. The third kappa shape index (κ3) is 4.73. The number of hydrogen-bond donors (Lipinski definition) is 2. The van der Waals surface area contributed by atoms with Crippen LogP contribution in [0.15, 0.2) is 54.6 Å². The van der Waals surface area contributed by atoms with Crippen LogP contribution >= 0.6 is 0 Å². The van der Waals surface area contributed by atoms with Crippen LogP contribution in [0.4, 0.5) is 20.2 Å². The zero-order valence-electron chi connectivity index (χ0n) is 20.5. The molecule has 0 radical (unpaired) electrons. The Balaban J connectivity index is 1.33. The molecule has 1 unspecified atom stereocenters. The van der Waals surface area contributed by atoms with Crippen molar-refractivity contribution in [1.29, 1.82) is 0 Å². The largest absolute Gasteiger partial charge is 0.466 e. The first-order chi connectivity index (χ1) is 17.2. The van der Waals surface area contributed by atoms with Crippen molar-refractivity contribution in [2.24, 2.45) is 0 Å². The fourth-order valence-corrected chi connectivity index (χ4v) is 4.74. The lowest BCUT2D eigenvalue weighted by atomic mass is 9.94. The number of fused-ring (bicyclic) bond motifs is 1. The Bertz CT molecular complexity index is 1260. The molecule has 3 aromatic rings. The lowest BCUT2D eigenvalue weighted by molar-refractivity contribution is -0.120. The van der Waals surface area contributed by atoms with E-state index in [1.165, 1.54) is 19.1 Å². The van der Waals surface area contributed by atoms with Gasteiger partial charge in [-0.3, -0.25) is 4.79 Å². The van der Waals surface area contributed by atoms with Crippen LogP contribution in [0.5, 0.6) is 5.75 Å². The van der Waals surface area contributed by atoms with Crippen LogP contribution in [-0.2, 0) is 15.1 Å². The number of nitrogens with zero attached hydrogens (tertiary/aromatic N) is 1. The summed E-state index contributed by atoms with van der Waals surface area (Å²) < 4.78 is 41.6. The molecule has 8 heteroatoms. The molecule has 2 aliphatic rings. The van der Waals surface area contributed by atoms with Crippen molar-refractivity contribution >= 4 is 17.3 Å². The SMILES string of the molecule is CC(=O)NC(C)(C)c1ccc(OC2Nc3ccc(-c4c(F)cc(N5CCOCC5)cc4F)cc32)cc1. The molecule has 1 amide bonds. The highest BCUT2D eigenvalue weighted by Crippen LogP contribution is 2.41. The van der Waals surface area contributed by atoms with Gasteiger partial charge in [0, 0.05) is 37.0 Å². The minimum Gasteiger partial charge on any atom is -0.466 e. The third-order valence-electron chi connectivity index (χ3n) is 6.63. The van der Waals surface area contributed by atoms with E-state index < -0.39 is 23.4 Å². The first-order valence-corrected chi connectivity index (χ1v) is 12.0. The van der Waals surface area contributed by atoms with Gasteiger partial charge in [0.1, 0.15) is 17.4 Å². The normalized spacial score (nSPS) is 17.0. The Hall–Kier alpha value is -3.65. The van der Waals surface area contributed by atoms with Crippen molar-refractivity contribution in [3.05, 3.63) is 77.4 Å². The first kappa shape index (κ1) is 24.1. The molecule has 0 aromatic heterocycles. The van der Waals surface area contributed by atoms with Crippen molar-refractivity contribution in [2.75, 3.05) is 36.5 Å². The molecule has 5 rings (SSSR count). The van der Waals surface area contributed by atoms with Gasteiger partial charge in [-0.1, -0.05) is 18.2 Å². The number of carbonyl (C=O) groups excluding carboxylic acids is 1. The van der Waals surface area contributed by atoms with E-state index in [0.29, 0.717) is 43.3 Å². The molecule has 1 fully saturated rings. The van der Waals surface area contributed by atoms with Gasteiger partial charge in [-0.2, -0.15) is 0 Å². The lowest BCUT2D eigenvalue weighted by Gasteiger charge is -2.33. The van der Waals surface area contributed by atoms with Gasteiger partial charge in [-0.05, 0) is 61.4 Å². The van der Waals surface area contributed by atoms with E-state index >= 15 is 8.78 Å². The van der Waals surface area contributed by atoms with Gasteiger partial charge >= 0.3 is 0 Å². The summed E-state index contributed by atoms with van der Waals surface area (Å²) in [5, 5.41) is 6.14. The van der Waals surface area contributed by atoms with E-state index in [1.54, 1.807) is 18.2 Å². The molecule has 0 bridgehead atoms. The maximum absolute atomic E-state index is 15.1. The van der Waals surface area contributed by atoms with Gasteiger partial charge in [0.05, 0.1) is 24.3 Å². The molecule has 1 saturated heterocycles. The number of ether oxygens (including phenoxy) is 2. The average molecular weight is 494 g/mol. The lowest BCUT2D eigenvalue weighted by Crippen LogP contribution is -2.39. The number of rotatable bonds is 6. The summed E-state index contributed by atoms with van der Waals surface area (Å²) in [5.41, 5.74) is 3.05. The average Bonchev–Trinajstić information content (AvgIpc) is 2.83. The standard InChI is InChI=1S/C28H29F2N3O3/c1-17(34)32-28(2,3)19-5-7-21(8-6-19)36-27-22-14-18(4-9-25(22)31-27)26-23(29)15-20(16-24(26)30)33-10-12-35-13-11-33/h4-9,14-16,27,31H,10-13H2,1-3H3,(H,32,34). The molecule has 0 saturated carbocycles. The summed E-state index contributed by atoms with van der Waals surface area (Å²) in [6.07, 6.45) is -0.437. The molecule has 2 N–H and O–H groups in total. The number of nitrogens with one attached hydrogen (secondary N) is 2. The predicted molar refractivity (Wildman–Crippen MR) is 135 cm³/mol. The number of amides is 1. The third-order valence-corrected chi connectivity index (χ3v) is 6.63. The fourth-order valence-electron chi connectivity index (χ4n) is 4.74. The van der Waals surface area contributed by atoms with Gasteiger partial charge < -0.3 is 25.0 Å². The van der Waals surface area contributed by atoms with Crippen molar-refractivity contribution in [2.45, 2.75) is 32.5 Å². The second-order valence-corrected chi connectivity index (χ2v) is 9.66. The molecule has 1 atom stereocenters. The van der Waals surface area contributed by atoms with Crippen LogP contribution in [0.1, 0.15) is 38.1 Å². The number of hydrogen-bond acceptors (Lipinski definition) is 5. The highest BCUT2D eigenvalue weighted by Gasteiger charge is 2.29. The quantitative estimate of drug-likeness (QED) is 0.485. The van der Waals surface area contributed by atoms with E-state index in [9.17, 15) is 4.79 Å². The van der Waals surface area contributed by atoms with Gasteiger partial charge in [0.2, 0.25) is 5.91 Å². The molecule has 3 aromatic carbocycles. The highest BCUT2D eigenvalue weighted by molar-refractivity contribution is 5.75. The predicted octanol–water partition coefficient (Wildman–Crippen LogP) is 5.34. The maximum atomic E-state index is 15.1. The van der Waals surface area contributed by atoms with Crippen LogP contribution in [-0.4, -0.2) is 32.2 Å². The van der Waals surface area contributed by atoms with Gasteiger partial charge in [-0.15, -0.1) is 0 Å². The minimum atomic E-state index is -0.599. The van der Waals surface area contributed by atoms with Crippen LogP contribution in [0, 0.1) is 11.6 Å². The molecule has 2 aliphatic heterocycles. The molecular formula is C28H29F2N3O3. The van der Waals surface area contributed by atoms with Gasteiger partial charge in [0.15, 0.2) is 6.23 Å². The Kier molecular flexibility index (Phi) is 6.30. The van der Waals surface area contributed by atoms with Gasteiger partial charge in [-0.25, -0.2) is 8.78 Å². The molecular weight excluding hydrogens is 464 g/mol. The summed E-state index contributed by atoms with van der Waals surface area (Å²) in [6.45, 7) is 7.65. The highest BCUT2D eigenvalue weighted by atomic mass is 19.1. The topological polar surface area (TPSA) is 62.8 Å². The van der Waals surface area contributed by atoms with Crippen LogP contribution < -0.4 is 20.3 Å². The first-order valence-electron chi connectivity index (χ1n) is 12.0. The minimum absolute atomic E-state index is 0.0509. The number of benzene rings is 3. The van der Waals surface area contributed by atoms with Crippen LogP contribution in [0.3, 0.4) is 0 Å². The molecule has 188 valence electrons. The van der Waals surface area contributed by atoms with E-state index in [4.69, 9.17) is 9.47 Å². The smallest absolute Gasteiger partial charge is 0.217 e. The fraction of sp³-hybridized carbons (Fsp3) is 0.321. The van der Waals surface area contributed by atoms with Crippen molar-refractivity contribution in [3.63, 3.8) is 0 Å². The Labute approximate surface area is 209 Å². The molecule has 2 heterocycles. The molecule has 36 heavy (non-hydrogen) atoms. The molecule has 6 nitrogen and oxygen atoms in total. The summed E-state index contributed by atoms with van der Waals surface area (Å²) in [5.74, 6) is -0.662. The summed E-state index contributed by atoms with van der Waals surface area (Å²) >= 11 is 0. The zero-order chi connectivity index (χ0) is 25.4. The van der Waals surface area contributed by atoms with Crippen LogP contribution in [0.25, 0.3) is 11.1 Å². The number of halogens is 2. The van der Waals surface area contributed by atoms with Crippen LogP contribution in [0.2, 0.25) is 0 Å². The number of anilines is 2. The Morgan fingerprint density at radius 3 is 2.36 bits per heavy atom. The molecule has 0 spiro atoms. The van der Waals surface area contributed by atoms with E-state index in [2.05, 4.69) is 10.6 Å². The Morgan fingerprint density at radius 2 is 1.72 bits per heavy atom. The zero-order valence-corrected chi connectivity index (χ0v) is 20.5. The van der Waals surface area contributed by atoms with E-state index in [-0.39, 0.29) is 11.5 Å². The number of carbonyl (C=O) groups is 1. The van der Waals surface area contributed by atoms with Gasteiger partial charge in [0.25, 0.3) is 0 Å². The van der Waals surface area contributed by atoms with Crippen molar-refractivity contribution < 1.29 is 23.0 Å². The van der Waals surface area contributed by atoms with E-state index in [0.717, 1.165) is 16.8 Å².